The standard InChI is InChI=1S/C14H16ClNO/c1-9(2)6-10-7-13(15)12-8-11(17-3)4-5-14(12)16-10/h4-5,7-9H,6H2,1-3H3. The van der Waals surface area contributed by atoms with E-state index < -0.39 is 0 Å². The summed E-state index contributed by atoms with van der Waals surface area (Å²) in [5, 5.41) is 1.68. The van der Waals surface area contributed by atoms with Gasteiger partial charge in [0.2, 0.25) is 0 Å². The number of benzene rings is 1. The van der Waals surface area contributed by atoms with E-state index in [4.69, 9.17) is 16.3 Å². The molecule has 0 bridgehead atoms. The van der Waals surface area contributed by atoms with Gasteiger partial charge in [-0.05, 0) is 36.6 Å². The summed E-state index contributed by atoms with van der Waals surface area (Å²) >= 11 is 6.28. The van der Waals surface area contributed by atoms with Crippen LogP contribution in [0.4, 0.5) is 0 Å². The third kappa shape index (κ3) is 2.70. The van der Waals surface area contributed by atoms with Gasteiger partial charge in [-0.25, -0.2) is 0 Å². The van der Waals surface area contributed by atoms with Crippen molar-refractivity contribution in [2.24, 2.45) is 5.92 Å². The molecule has 1 heterocycles. The number of hydrogen-bond acceptors (Lipinski definition) is 2. The average molecular weight is 250 g/mol. The van der Waals surface area contributed by atoms with Gasteiger partial charge in [0.25, 0.3) is 0 Å². The lowest BCUT2D eigenvalue weighted by Crippen LogP contribution is -1.98. The minimum atomic E-state index is 0.578. The molecule has 2 rings (SSSR count). The van der Waals surface area contributed by atoms with Crippen molar-refractivity contribution < 1.29 is 4.74 Å². The molecule has 2 aromatic rings. The topological polar surface area (TPSA) is 22.1 Å². The first-order valence-corrected chi connectivity index (χ1v) is 6.11. The quantitative estimate of drug-likeness (QED) is 0.817. The number of hydrogen-bond donors (Lipinski definition) is 0. The molecular formula is C14H16ClNO. The Morgan fingerprint density at radius 3 is 2.71 bits per heavy atom. The van der Waals surface area contributed by atoms with E-state index in [2.05, 4.69) is 18.8 Å². The fraction of sp³-hybridized carbons (Fsp3) is 0.357. The summed E-state index contributed by atoms with van der Waals surface area (Å²) in [5.74, 6) is 1.38. The number of halogens is 1. The summed E-state index contributed by atoms with van der Waals surface area (Å²) < 4.78 is 5.19. The fourth-order valence-corrected chi connectivity index (χ4v) is 2.14. The third-order valence-corrected chi connectivity index (χ3v) is 2.95. The normalized spacial score (nSPS) is 11.1. The molecule has 1 aromatic carbocycles. The monoisotopic (exact) mass is 249 g/mol. The highest BCUT2D eigenvalue weighted by Crippen LogP contribution is 2.27. The number of rotatable bonds is 3. The van der Waals surface area contributed by atoms with Gasteiger partial charge < -0.3 is 4.74 Å². The van der Waals surface area contributed by atoms with Crippen LogP contribution in [0.2, 0.25) is 5.02 Å². The maximum atomic E-state index is 6.28. The highest BCUT2D eigenvalue weighted by Gasteiger charge is 2.07. The Hall–Kier alpha value is -1.28. The van der Waals surface area contributed by atoms with Gasteiger partial charge in [0, 0.05) is 11.1 Å². The molecule has 1 aromatic heterocycles. The molecule has 0 atom stereocenters. The molecule has 0 saturated heterocycles. The molecule has 0 fully saturated rings. The lowest BCUT2D eigenvalue weighted by Gasteiger charge is -2.08. The third-order valence-electron chi connectivity index (χ3n) is 2.64. The zero-order chi connectivity index (χ0) is 12.4. The first-order chi connectivity index (χ1) is 8.10. The highest BCUT2D eigenvalue weighted by atomic mass is 35.5. The first kappa shape index (κ1) is 12.2. The van der Waals surface area contributed by atoms with Crippen LogP contribution in [0, 0.1) is 5.92 Å². The minimum absolute atomic E-state index is 0.578. The van der Waals surface area contributed by atoms with Crippen molar-refractivity contribution in [3.8, 4) is 5.75 Å². The van der Waals surface area contributed by atoms with E-state index in [0.717, 1.165) is 33.8 Å². The lowest BCUT2D eigenvalue weighted by molar-refractivity contribution is 0.415. The van der Waals surface area contributed by atoms with E-state index in [0.29, 0.717) is 5.92 Å². The second-order valence-electron chi connectivity index (χ2n) is 4.58. The van der Waals surface area contributed by atoms with Crippen molar-refractivity contribution in [2.45, 2.75) is 20.3 Å². The summed E-state index contributed by atoms with van der Waals surface area (Å²) in [5.41, 5.74) is 1.97. The van der Waals surface area contributed by atoms with Crippen molar-refractivity contribution in [3.63, 3.8) is 0 Å². The van der Waals surface area contributed by atoms with E-state index in [1.165, 1.54) is 0 Å². The Morgan fingerprint density at radius 2 is 2.06 bits per heavy atom. The Labute approximate surface area is 107 Å². The smallest absolute Gasteiger partial charge is 0.119 e. The summed E-state index contributed by atoms with van der Waals surface area (Å²) in [6, 6.07) is 7.72. The van der Waals surface area contributed by atoms with Gasteiger partial charge in [0.05, 0.1) is 17.6 Å². The number of ether oxygens (including phenoxy) is 1. The summed E-state index contributed by atoms with van der Waals surface area (Å²) in [6.07, 6.45) is 0.946. The molecule has 0 amide bonds. The number of methoxy groups -OCH3 is 1. The largest absolute Gasteiger partial charge is 0.497 e. The average Bonchev–Trinajstić information content (AvgIpc) is 2.28. The van der Waals surface area contributed by atoms with Crippen LogP contribution in [0.25, 0.3) is 10.9 Å². The Kier molecular flexibility index (Phi) is 3.53. The van der Waals surface area contributed by atoms with Crippen LogP contribution in [0.1, 0.15) is 19.5 Å². The number of nitrogens with zero attached hydrogens (tertiary/aromatic N) is 1. The molecule has 0 unspecified atom stereocenters. The van der Waals surface area contributed by atoms with E-state index in [9.17, 15) is 0 Å². The molecule has 0 saturated carbocycles. The fourth-order valence-electron chi connectivity index (χ4n) is 1.86. The predicted molar refractivity (Wildman–Crippen MR) is 71.8 cm³/mol. The lowest BCUT2D eigenvalue weighted by atomic mass is 10.1. The zero-order valence-electron chi connectivity index (χ0n) is 10.3. The second-order valence-corrected chi connectivity index (χ2v) is 4.98. The van der Waals surface area contributed by atoms with Gasteiger partial charge in [0.1, 0.15) is 5.75 Å². The Bertz CT molecular complexity index is 537. The second kappa shape index (κ2) is 4.92. The van der Waals surface area contributed by atoms with Gasteiger partial charge in [-0.3, -0.25) is 4.98 Å². The van der Waals surface area contributed by atoms with Crippen LogP contribution >= 0.6 is 11.6 Å². The van der Waals surface area contributed by atoms with Gasteiger partial charge in [-0.15, -0.1) is 0 Å². The van der Waals surface area contributed by atoms with Crippen LogP contribution in [0.3, 0.4) is 0 Å². The van der Waals surface area contributed by atoms with E-state index in [-0.39, 0.29) is 0 Å². The molecule has 2 nitrogen and oxygen atoms in total. The summed E-state index contributed by atoms with van der Waals surface area (Å²) in [6.45, 7) is 4.35. The highest BCUT2D eigenvalue weighted by molar-refractivity contribution is 6.35. The van der Waals surface area contributed by atoms with E-state index in [1.807, 2.05) is 24.3 Å². The predicted octanol–water partition coefficient (Wildman–Crippen LogP) is 4.10. The van der Waals surface area contributed by atoms with Crippen LogP contribution in [-0.4, -0.2) is 12.1 Å². The molecule has 17 heavy (non-hydrogen) atoms. The van der Waals surface area contributed by atoms with E-state index in [1.54, 1.807) is 7.11 Å². The molecule has 0 aliphatic rings. The molecule has 90 valence electrons. The van der Waals surface area contributed by atoms with Crippen molar-refractivity contribution in [1.82, 2.24) is 4.98 Å². The first-order valence-electron chi connectivity index (χ1n) is 5.73. The van der Waals surface area contributed by atoms with Crippen LogP contribution < -0.4 is 4.74 Å². The van der Waals surface area contributed by atoms with Crippen LogP contribution in [-0.2, 0) is 6.42 Å². The SMILES string of the molecule is COc1ccc2nc(CC(C)C)cc(Cl)c2c1. The Morgan fingerprint density at radius 1 is 1.29 bits per heavy atom. The molecule has 0 aliphatic carbocycles. The molecule has 3 heteroatoms. The van der Waals surface area contributed by atoms with Gasteiger partial charge in [0.15, 0.2) is 0 Å². The number of fused-ring (bicyclic) bond motifs is 1. The molecule has 0 spiro atoms. The number of pyridine rings is 1. The molecular weight excluding hydrogens is 234 g/mol. The Balaban J connectivity index is 2.51. The summed E-state index contributed by atoms with van der Waals surface area (Å²) in [4.78, 5) is 4.61. The van der Waals surface area contributed by atoms with Gasteiger partial charge in [-0.2, -0.15) is 0 Å². The minimum Gasteiger partial charge on any atom is -0.497 e. The molecule has 0 aliphatic heterocycles. The maximum Gasteiger partial charge on any atom is 0.119 e. The van der Waals surface area contributed by atoms with Crippen molar-refractivity contribution in [2.75, 3.05) is 7.11 Å². The number of aromatic nitrogens is 1. The zero-order valence-corrected chi connectivity index (χ0v) is 11.1. The van der Waals surface area contributed by atoms with Gasteiger partial charge in [-0.1, -0.05) is 25.4 Å². The van der Waals surface area contributed by atoms with Crippen molar-refractivity contribution in [3.05, 3.63) is 35.0 Å². The van der Waals surface area contributed by atoms with Crippen LogP contribution in [0.15, 0.2) is 24.3 Å². The van der Waals surface area contributed by atoms with Crippen LogP contribution in [0.5, 0.6) is 5.75 Å². The van der Waals surface area contributed by atoms with Crippen molar-refractivity contribution in [1.29, 1.82) is 0 Å². The van der Waals surface area contributed by atoms with E-state index >= 15 is 0 Å². The maximum absolute atomic E-state index is 6.28. The van der Waals surface area contributed by atoms with Crippen molar-refractivity contribution >= 4 is 22.5 Å². The summed E-state index contributed by atoms with van der Waals surface area (Å²) in [7, 11) is 1.65. The molecule has 0 N–H and O–H groups in total. The van der Waals surface area contributed by atoms with Gasteiger partial charge >= 0.3 is 0 Å². The molecule has 0 radical (unpaired) electrons.